The highest BCUT2D eigenvalue weighted by Gasteiger charge is 2.21. The van der Waals surface area contributed by atoms with Crippen molar-refractivity contribution in [2.45, 2.75) is 32.2 Å². The lowest BCUT2D eigenvalue weighted by atomic mass is 9.97. The first kappa shape index (κ1) is 15.3. The van der Waals surface area contributed by atoms with Crippen molar-refractivity contribution >= 4 is 27.5 Å². The van der Waals surface area contributed by atoms with Crippen LogP contribution in [0.15, 0.2) is 29.1 Å². The summed E-state index contributed by atoms with van der Waals surface area (Å²) in [5.41, 5.74) is 2.02. The number of nitrogens with zero attached hydrogens (tertiary/aromatic N) is 2. The van der Waals surface area contributed by atoms with Crippen molar-refractivity contribution in [3.05, 3.63) is 56.4 Å². The lowest BCUT2D eigenvalue weighted by Gasteiger charge is -2.12. The van der Waals surface area contributed by atoms with Gasteiger partial charge in [0.05, 0.1) is 5.39 Å². The second-order valence-corrected chi connectivity index (χ2v) is 7.26. The van der Waals surface area contributed by atoms with Crippen LogP contribution in [0.5, 0.6) is 0 Å². The molecule has 1 aromatic carbocycles. The second kappa shape index (κ2) is 6.02. The van der Waals surface area contributed by atoms with Crippen LogP contribution >= 0.6 is 11.3 Å². The van der Waals surface area contributed by atoms with E-state index in [2.05, 4.69) is 10.3 Å². The lowest BCUT2D eigenvalue weighted by Crippen LogP contribution is -2.22. The molecule has 0 unspecified atom stereocenters. The quantitative estimate of drug-likeness (QED) is 0.790. The zero-order valence-electron chi connectivity index (χ0n) is 13.4. The predicted octanol–water partition coefficient (Wildman–Crippen LogP) is 3.63. The normalized spacial score (nSPS) is 13.9. The summed E-state index contributed by atoms with van der Waals surface area (Å²) >= 11 is 1.64. The molecule has 6 heteroatoms. The largest absolute Gasteiger partial charge is 0.351 e. The van der Waals surface area contributed by atoms with E-state index in [1.165, 1.54) is 29.0 Å². The first-order valence-corrected chi connectivity index (χ1v) is 8.95. The third-order valence-corrected chi connectivity index (χ3v) is 5.72. The van der Waals surface area contributed by atoms with Crippen molar-refractivity contribution < 1.29 is 4.39 Å². The van der Waals surface area contributed by atoms with Crippen LogP contribution in [0.2, 0.25) is 0 Å². The van der Waals surface area contributed by atoms with Crippen molar-refractivity contribution in [3.63, 3.8) is 0 Å². The number of benzene rings is 1. The van der Waals surface area contributed by atoms with Crippen molar-refractivity contribution in [1.82, 2.24) is 9.55 Å². The first-order chi connectivity index (χ1) is 11.6. The van der Waals surface area contributed by atoms with Gasteiger partial charge >= 0.3 is 0 Å². The molecule has 0 bridgehead atoms. The molecule has 1 aliphatic rings. The molecule has 0 saturated heterocycles. The molecule has 0 atom stereocenters. The van der Waals surface area contributed by atoms with Crippen LogP contribution in [-0.4, -0.2) is 9.55 Å². The van der Waals surface area contributed by atoms with Gasteiger partial charge in [0.1, 0.15) is 10.6 Å². The smallest absolute Gasteiger partial charge is 0.263 e. The molecule has 2 heterocycles. The standard InChI is InChI=1S/C18H18FN3OS/c1-22-17(23)15-13-7-2-3-8-14(13)24-16(15)21-18(22)20-10-11-5-4-6-12(19)9-11/h4-6,9H,2-3,7-8,10H2,1H3,(H,20,21). The summed E-state index contributed by atoms with van der Waals surface area (Å²) in [4.78, 5) is 19.6. The fourth-order valence-corrected chi connectivity index (χ4v) is 4.52. The molecule has 4 rings (SSSR count). The van der Waals surface area contributed by atoms with Crippen LogP contribution < -0.4 is 10.9 Å². The van der Waals surface area contributed by atoms with E-state index in [4.69, 9.17) is 0 Å². The van der Waals surface area contributed by atoms with Gasteiger partial charge in [-0.15, -0.1) is 11.3 Å². The fraction of sp³-hybridized carbons (Fsp3) is 0.333. The highest BCUT2D eigenvalue weighted by molar-refractivity contribution is 7.18. The highest BCUT2D eigenvalue weighted by atomic mass is 32.1. The van der Waals surface area contributed by atoms with E-state index in [9.17, 15) is 9.18 Å². The maximum absolute atomic E-state index is 13.3. The van der Waals surface area contributed by atoms with Crippen LogP contribution in [-0.2, 0) is 26.4 Å². The molecule has 2 aromatic heterocycles. The van der Waals surface area contributed by atoms with E-state index in [0.29, 0.717) is 12.5 Å². The number of hydrogen-bond acceptors (Lipinski definition) is 4. The van der Waals surface area contributed by atoms with E-state index in [1.54, 1.807) is 29.0 Å². The SMILES string of the molecule is Cn1c(NCc2cccc(F)c2)nc2sc3c(c2c1=O)CCCC3. The molecule has 4 nitrogen and oxygen atoms in total. The Balaban J connectivity index is 1.71. The highest BCUT2D eigenvalue weighted by Crippen LogP contribution is 2.34. The topological polar surface area (TPSA) is 46.9 Å². The van der Waals surface area contributed by atoms with Crippen molar-refractivity contribution in [1.29, 1.82) is 0 Å². The molecular formula is C18H18FN3OS. The minimum absolute atomic E-state index is 0.00106. The maximum atomic E-state index is 13.3. The molecule has 3 aromatic rings. The number of halogens is 1. The average Bonchev–Trinajstić information content (AvgIpc) is 2.95. The number of fused-ring (bicyclic) bond motifs is 3. The Bertz CT molecular complexity index is 976. The summed E-state index contributed by atoms with van der Waals surface area (Å²) < 4.78 is 14.8. The summed E-state index contributed by atoms with van der Waals surface area (Å²) in [6.07, 6.45) is 4.35. The number of thiophene rings is 1. The molecular weight excluding hydrogens is 325 g/mol. The number of rotatable bonds is 3. The fourth-order valence-electron chi connectivity index (χ4n) is 3.27. The summed E-state index contributed by atoms with van der Waals surface area (Å²) in [5.74, 6) is 0.257. The van der Waals surface area contributed by atoms with Gasteiger partial charge in [0.2, 0.25) is 5.95 Å². The lowest BCUT2D eigenvalue weighted by molar-refractivity contribution is 0.625. The Morgan fingerprint density at radius 2 is 2.17 bits per heavy atom. The maximum Gasteiger partial charge on any atom is 0.263 e. The molecule has 0 radical (unpaired) electrons. The van der Waals surface area contributed by atoms with E-state index in [-0.39, 0.29) is 11.4 Å². The Hall–Kier alpha value is -2.21. The average molecular weight is 343 g/mol. The molecule has 0 aliphatic heterocycles. The van der Waals surface area contributed by atoms with Crippen molar-refractivity contribution in [2.75, 3.05) is 5.32 Å². The zero-order chi connectivity index (χ0) is 16.7. The van der Waals surface area contributed by atoms with Crippen molar-refractivity contribution in [2.24, 2.45) is 7.05 Å². The van der Waals surface area contributed by atoms with Gasteiger partial charge in [-0.05, 0) is 48.9 Å². The molecule has 0 amide bonds. The Morgan fingerprint density at radius 1 is 1.33 bits per heavy atom. The van der Waals surface area contributed by atoms with Gasteiger partial charge in [-0.1, -0.05) is 12.1 Å². The summed E-state index contributed by atoms with van der Waals surface area (Å²) in [5, 5.41) is 3.95. The van der Waals surface area contributed by atoms with Crippen LogP contribution in [0.25, 0.3) is 10.2 Å². The van der Waals surface area contributed by atoms with Gasteiger partial charge < -0.3 is 5.32 Å². The van der Waals surface area contributed by atoms with Gasteiger partial charge in [-0.25, -0.2) is 9.37 Å². The number of aryl methyl sites for hydroxylation is 2. The van der Waals surface area contributed by atoms with Crippen LogP contribution in [0, 0.1) is 5.82 Å². The Kier molecular flexibility index (Phi) is 3.84. The summed E-state index contributed by atoms with van der Waals surface area (Å²) in [6.45, 7) is 0.425. The van der Waals surface area contributed by atoms with Crippen LogP contribution in [0.3, 0.4) is 0 Å². The monoisotopic (exact) mass is 343 g/mol. The van der Waals surface area contributed by atoms with E-state index in [0.717, 1.165) is 35.0 Å². The predicted molar refractivity (Wildman–Crippen MR) is 95.2 cm³/mol. The van der Waals surface area contributed by atoms with Crippen molar-refractivity contribution in [3.8, 4) is 0 Å². The molecule has 1 N–H and O–H groups in total. The minimum atomic E-state index is -0.266. The summed E-state index contributed by atoms with van der Waals surface area (Å²) in [6, 6.07) is 6.42. The van der Waals surface area contributed by atoms with Gasteiger partial charge in [0.25, 0.3) is 5.56 Å². The van der Waals surface area contributed by atoms with E-state index in [1.807, 2.05) is 6.07 Å². The molecule has 1 aliphatic carbocycles. The zero-order valence-corrected chi connectivity index (χ0v) is 14.3. The molecule has 0 saturated carbocycles. The van der Waals surface area contributed by atoms with E-state index >= 15 is 0 Å². The number of nitrogens with one attached hydrogen (secondary N) is 1. The molecule has 0 spiro atoms. The van der Waals surface area contributed by atoms with Crippen LogP contribution in [0.4, 0.5) is 10.3 Å². The summed E-state index contributed by atoms with van der Waals surface area (Å²) in [7, 11) is 1.73. The third kappa shape index (κ3) is 2.60. The molecule has 24 heavy (non-hydrogen) atoms. The number of aromatic nitrogens is 2. The van der Waals surface area contributed by atoms with Gasteiger partial charge in [0.15, 0.2) is 0 Å². The van der Waals surface area contributed by atoms with Gasteiger partial charge in [0, 0.05) is 18.5 Å². The molecule has 124 valence electrons. The third-order valence-electron chi connectivity index (χ3n) is 4.54. The van der Waals surface area contributed by atoms with Gasteiger partial charge in [-0.3, -0.25) is 9.36 Å². The van der Waals surface area contributed by atoms with E-state index < -0.39 is 0 Å². The number of anilines is 1. The number of hydrogen-bond donors (Lipinski definition) is 1. The Labute approximate surface area is 143 Å². The Morgan fingerprint density at radius 3 is 3.00 bits per heavy atom. The van der Waals surface area contributed by atoms with Gasteiger partial charge in [-0.2, -0.15) is 0 Å². The molecule has 0 fully saturated rings. The first-order valence-electron chi connectivity index (χ1n) is 8.13. The second-order valence-electron chi connectivity index (χ2n) is 6.17. The minimum Gasteiger partial charge on any atom is -0.351 e. The van der Waals surface area contributed by atoms with Crippen LogP contribution in [0.1, 0.15) is 28.8 Å².